The summed E-state index contributed by atoms with van der Waals surface area (Å²) in [6, 6.07) is 0. The molecule has 18 heavy (non-hydrogen) atoms. The molecule has 0 aliphatic carbocycles. The quantitative estimate of drug-likeness (QED) is 0.184. The summed E-state index contributed by atoms with van der Waals surface area (Å²) in [6.07, 6.45) is -0.794. The number of oxime groups is 1. The van der Waals surface area contributed by atoms with Crippen LogP contribution in [0.1, 0.15) is 26.7 Å². The topological polar surface area (TPSA) is 79.9 Å². The number of halogens is 2. The van der Waals surface area contributed by atoms with E-state index >= 15 is 0 Å². The molecular weight excluding hydrogens is 244 g/mol. The second-order valence-corrected chi connectivity index (χ2v) is 4.69. The third-order valence-electron chi connectivity index (χ3n) is 2.62. The molecule has 0 aromatic carbocycles. The molecule has 0 spiro atoms. The Kier molecular flexibility index (Phi) is 8.57. The predicted octanol–water partition coefficient (Wildman–Crippen LogP) is 1.41. The van der Waals surface area contributed by atoms with Crippen LogP contribution >= 0.6 is 0 Å². The summed E-state index contributed by atoms with van der Waals surface area (Å²) < 4.78 is 28.1. The molecule has 0 aliphatic rings. The molecule has 0 aliphatic heterocycles. The predicted molar refractivity (Wildman–Crippen MR) is 66.1 cm³/mol. The van der Waals surface area contributed by atoms with Crippen LogP contribution in [-0.2, 0) is 4.74 Å². The number of nitrogens with one attached hydrogen (secondary N) is 1. The highest BCUT2D eigenvalue weighted by molar-refractivity contribution is 5.85. The summed E-state index contributed by atoms with van der Waals surface area (Å²) in [5.74, 6) is 0.211. The molecule has 108 valence electrons. The lowest BCUT2D eigenvalue weighted by molar-refractivity contribution is 0.0188. The molecular formula is C11H23F2N3O2. The van der Waals surface area contributed by atoms with Crippen molar-refractivity contribution in [2.24, 2.45) is 16.3 Å². The molecule has 5 nitrogen and oxygen atoms in total. The molecule has 0 aromatic heterocycles. The van der Waals surface area contributed by atoms with Gasteiger partial charge in [0.05, 0.1) is 6.61 Å². The van der Waals surface area contributed by atoms with Gasteiger partial charge in [0.2, 0.25) is 0 Å². The third-order valence-corrected chi connectivity index (χ3v) is 2.62. The minimum absolute atomic E-state index is 0.211. The lowest BCUT2D eigenvalue weighted by atomic mass is 9.86. The maximum atomic E-state index is 11.7. The summed E-state index contributed by atoms with van der Waals surface area (Å²) in [6.45, 7) is 4.82. The molecule has 0 unspecified atom stereocenters. The lowest BCUT2D eigenvalue weighted by Crippen LogP contribution is -2.33. The van der Waals surface area contributed by atoms with Gasteiger partial charge in [0, 0.05) is 12.0 Å². The average Bonchev–Trinajstić information content (AvgIpc) is 2.30. The maximum absolute atomic E-state index is 11.7. The largest absolute Gasteiger partial charge is 0.409 e. The van der Waals surface area contributed by atoms with Gasteiger partial charge in [-0.3, -0.25) is 0 Å². The van der Waals surface area contributed by atoms with Gasteiger partial charge in [0.25, 0.3) is 6.43 Å². The van der Waals surface area contributed by atoms with E-state index < -0.39 is 13.0 Å². The van der Waals surface area contributed by atoms with Crippen LogP contribution in [-0.4, -0.2) is 43.8 Å². The normalized spacial score (nSPS) is 13.3. The number of hydrogen-bond donors (Lipinski definition) is 3. The first-order chi connectivity index (χ1) is 8.40. The highest BCUT2D eigenvalue weighted by Gasteiger charge is 2.22. The van der Waals surface area contributed by atoms with Crippen LogP contribution in [0.5, 0.6) is 0 Å². The lowest BCUT2D eigenvalue weighted by Gasteiger charge is -2.22. The van der Waals surface area contributed by atoms with Crippen molar-refractivity contribution in [3.63, 3.8) is 0 Å². The molecule has 0 amide bonds. The second kappa shape index (κ2) is 9.04. The fourth-order valence-electron chi connectivity index (χ4n) is 1.36. The fourth-order valence-corrected chi connectivity index (χ4v) is 1.36. The minimum atomic E-state index is -2.41. The zero-order chi connectivity index (χ0) is 14.0. The molecule has 0 saturated carbocycles. The zero-order valence-electron chi connectivity index (χ0n) is 11.0. The van der Waals surface area contributed by atoms with Crippen LogP contribution in [0.3, 0.4) is 0 Å². The van der Waals surface area contributed by atoms with Crippen molar-refractivity contribution >= 4 is 5.84 Å². The fraction of sp³-hybridized carbons (Fsp3) is 0.909. The van der Waals surface area contributed by atoms with E-state index in [2.05, 4.69) is 10.5 Å². The van der Waals surface area contributed by atoms with Crippen LogP contribution in [0.2, 0.25) is 0 Å². The Balaban J connectivity index is 3.46. The molecule has 0 saturated heterocycles. The summed E-state index contributed by atoms with van der Waals surface area (Å²) in [5, 5.41) is 14.7. The highest BCUT2D eigenvalue weighted by Crippen LogP contribution is 2.21. The van der Waals surface area contributed by atoms with Gasteiger partial charge in [0.1, 0.15) is 12.4 Å². The van der Waals surface area contributed by atoms with Crippen molar-refractivity contribution in [3.8, 4) is 0 Å². The number of nitrogens with two attached hydrogens (primary N) is 1. The van der Waals surface area contributed by atoms with Gasteiger partial charge in [-0.2, -0.15) is 0 Å². The summed E-state index contributed by atoms with van der Waals surface area (Å²) in [7, 11) is 0. The van der Waals surface area contributed by atoms with Gasteiger partial charge < -0.3 is 21.0 Å². The van der Waals surface area contributed by atoms with Crippen molar-refractivity contribution in [1.82, 2.24) is 5.32 Å². The average molecular weight is 267 g/mol. The Morgan fingerprint density at radius 2 is 2.11 bits per heavy atom. The van der Waals surface area contributed by atoms with Gasteiger partial charge >= 0.3 is 0 Å². The maximum Gasteiger partial charge on any atom is 0.261 e. The molecule has 0 heterocycles. The zero-order valence-corrected chi connectivity index (χ0v) is 11.0. The summed E-state index contributed by atoms with van der Waals surface area (Å²) in [4.78, 5) is 0. The van der Waals surface area contributed by atoms with Gasteiger partial charge in [-0.15, -0.1) is 0 Å². The van der Waals surface area contributed by atoms with Gasteiger partial charge in [-0.25, -0.2) is 8.78 Å². The van der Waals surface area contributed by atoms with Crippen LogP contribution in [0.15, 0.2) is 5.16 Å². The Bertz CT molecular complexity index is 248. The Hall–Kier alpha value is -0.950. The Morgan fingerprint density at radius 3 is 2.67 bits per heavy atom. The molecule has 0 bridgehead atoms. The van der Waals surface area contributed by atoms with Gasteiger partial charge in [0.15, 0.2) is 0 Å². The SMILES string of the molecule is CC(C)(CCCNCCOCC(F)F)C(N)=NO. The van der Waals surface area contributed by atoms with Gasteiger partial charge in [-0.05, 0) is 19.4 Å². The third kappa shape index (κ3) is 8.19. The molecule has 0 aromatic rings. The van der Waals surface area contributed by atoms with Crippen molar-refractivity contribution in [3.05, 3.63) is 0 Å². The molecule has 0 atom stereocenters. The van der Waals surface area contributed by atoms with E-state index in [-0.39, 0.29) is 17.9 Å². The van der Waals surface area contributed by atoms with E-state index in [4.69, 9.17) is 15.7 Å². The van der Waals surface area contributed by atoms with Gasteiger partial charge in [-0.1, -0.05) is 19.0 Å². The van der Waals surface area contributed by atoms with Crippen LogP contribution in [0.25, 0.3) is 0 Å². The molecule has 0 fully saturated rings. The molecule has 4 N–H and O–H groups in total. The molecule has 0 radical (unpaired) electrons. The van der Waals surface area contributed by atoms with E-state index in [1.165, 1.54) is 0 Å². The number of hydrogen-bond acceptors (Lipinski definition) is 4. The monoisotopic (exact) mass is 267 g/mol. The molecule has 0 rings (SSSR count). The van der Waals surface area contributed by atoms with E-state index in [1.54, 1.807) is 0 Å². The first-order valence-electron chi connectivity index (χ1n) is 5.94. The highest BCUT2D eigenvalue weighted by atomic mass is 19.3. The molecule has 7 heteroatoms. The van der Waals surface area contributed by atoms with E-state index in [1.807, 2.05) is 13.8 Å². The number of ether oxygens (including phenoxy) is 1. The van der Waals surface area contributed by atoms with E-state index in [9.17, 15) is 8.78 Å². The first kappa shape index (κ1) is 17.1. The Labute approximate surface area is 106 Å². The smallest absolute Gasteiger partial charge is 0.261 e. The summed E-state index contributed by atoms with van der Waals surface area (Å²) in [5.41, 5.74) is 5.20. The number of alkyl halides is 2. The van der Waals surface area contributed by atoms with E-state index in [0.29, 0.717) is 6.54 Å². The van der Waals surface area contributed by atoms with Crippen LogP contribution in [0, 0.1) is 5.41 Å². The van der Waals surface area contributed by atoms with Crippen molar-refractivity contribution in [1.29, 1.82) is 0 Å². The summed E-state index contributed by atoms with van der Waals surface area (Å²) >= 11 is 0. The number of rotatable bonds is 10. The Morgan fingerprint density at radius 1 is 1.44 bits per heavy atom. The second-order valence-electron chi connectivity index (χ2n) is 4.69. The number of amidine groups is 1. The first-order valence-corrected chi connectivity index (χ1v) is 5.94. The van der Waals surface area contributed by atoms with Crippen LogP contribution in [0.4, 0.5) is 8.78 Å². The van der Waals surface area contributed by atoms with Crippen molar-refractivity contribution in [2.45, 2.75) is 33.1 Å². The number of nitrogens with zero attached hydrogens (tertiary/aromatic N) is 1. The minimum Gasteiger partial charge on any atom is -0.409 e. The standard InChI is InChI=1S/C11H23F2N3O2/c1-11(2,10(14)16-17)4-3-5-15-6-7-18-8-9(12)13/h9,15,17H,3-8H2,1-2H3,(H2,14,16). The van der Waals surface area contributed by atoms with Crippen LogP contribution < -0.4 is 11.1 Å². The van der Waals surface area contributed by atoms with Crippen molar-refractivity contribution in [2.75, 3.05) is 26.3 Å². The van der Waals surface area contributed by atoms with Crippen molar-refractivity contribution < 1.29 is 18.7 Å². The van der Waals surface area contributed by atoms with E-state index in [0.717, 1.165) is 19.4 Å².